The van der Waals surface area contributed by atoms with Gasteiger partial charge in [-0.1, -0.05) is 29.7 Å². The normalized spacial score (nSPS) is 10.2. The molecule has 4 nitrogen and oxygen atoms in total. The molecule has 1 aromatic heterocycles. The van der Waals surface area contributed by atoms with Gasteiger partial charge in [-0.05, 0) is 42.8 Å². The third-order valence-corrected chi connectivity index (χ3v) is 4.38. The molecule has 2 aromatic carbocycles. The summed E-state index contributed by atoms with van der Waals surface area (Å²) in [6, 6.07) is 12.1. The number of aryl methyl sites for hydroxylation is 1. The summed E-state index contributed by atoms with van der Waals surface area (Å²) in [4.78, 5) is 12.6. The second-order valence-corrected chi connectivity index (χ2v) is 6.06. The van der Waals surface area contributed by atoms with Crippen molar-refractivity contribution >= 4 is 28.9 Å². The highest BCUT2D eigenvalue weighted by atomic mass is 35.5. The molecular formula is C21H15ClN2O2. The summed E-state index contributed by atoms with van der Waals surface area (Å²) in [5, 5.41) is 11.4. The van der Waals surface area contributed by atoms with Gasteiger partial charge in [0.25, 0.3) is 5.91 Å². The van der Waals surface area contributed by atoms with Crippen LogP contribution in [-0.2, 0) is 0 Å². The summed E-state index contributed by atoms with van der Waals surface area (Å²) in [7, 11) is 0. The average molecular weight is 363 g/mol. The number of hydrogen-bond donors (Lipinski definition) is 2. The van der Waals surface area contributed by atoms with E-state index in [2.05, 4.69) is 11.2 Å². The first-order valence-corrected chi connectivity index (χ1v) is 8.17. The van der Waals surface area contributed by atoms with Crippen LogP contribution in [-0.4, -0.2) is 11.6 Å². The SMILES string of the molecule is C#Cc1cccc(C(=O)Nc2ccc(C)c(C(=N)c3ccoc3)c2)c1Cl. The maximum atomic E-state index is 12.6. The number of furan rings is 1. The van der Waals surface area contributed by atoms with Crippen LogP contribution in [0.2, 0.25) is 5.02 Å². The van der Waals surface area contributed by atoms with Crippen molar-refractivity contribution in [3.05, 3.63) is 87.8 Å². The highest BCUT2D eigenvalue weighted by molar-refractivity contribution is 6.35. The molecule has 0 spiro atoms. The molecule has 3 aromatic rings. The molecule has 0 saturated heterocycles. The van der Waals surface area contributed by atoms with E-state index in [4.69, 9.17) is 27.9 Å². The number of carbonyl (C=O) groups is 1. The maximum absolute atomic E-state index is 12.6. The summed E-state index contributed by atoms with van der Waals surface area (Å²) >= 11 is 6.20. The largest absolute Gasteiger partial charge is 0.472 e. The molecule has 26 heavy (non-hydrogen) atoms. The number of amides is 1. The Morgan fingerprint density at radius 3 is 2.73 bits per heavy atom. The monoisotopic (exact) mass is 362 g/mol. The quantitative estimate of drug-likeness (QED) is 0.512. The number of rotatable bonds is 4. The molecule has 0 saturated carbocycles. The minimum Gasteiger partial charge on any atom is -0.472 e. The lowest BCUT2D eigenvalue weighted by molar-refractivity contribution is 0.102. The van der Waals surface area contributed by atoms with Gasteiger partial charge in [-0.15, -0.1) is 6.42 Å². The molecule has 5 heteroatoms. The summed E-state index contributed by atoms with van der Waals surface area (Å²) in [6.45, 7) is 1.91. The Morgan fingerprint density at radius 1 is 1.23 bits per heavy atom. The third-order valence-electron chi connectivity index (χ3n) is 3.97. The fourth-order valence-corrected chi connectivity index (χ4v) is 2.81. The summed E-state index contributed by atoms with van der Waals surface area (Å²) in [6.07, 6.45) is 8.42. The number of nitrogens with one attached hydrogen (secondary N) is 2. The van der Waals surface area contributed by atoms with Gasteiger partial charge in [0.15, 0.2) is 0 Å². The Morgan fingerprint density at radius 2 is 2.04 bits per heavy atom. The summed E-state index contributed by atoms with van der Waals surface area (Å²) in [5.74, 6) is 2.09. The lowest BCUT2D eigenvalue weighted by Crippen LogP contribution is -2.14. The van der Waals surface area contributed by atoms with Gasteiger partial charge in [0.1, 0.15) is 0 Å². The van der Waals surface area contributed by atoms with Crippen LogP contribution in [0.1, 0.15) is 32.6 Å². The van der Waals surface area contributed by atoms with E-state index >= 15 is 0 Å². The van der Waals surface area contributed by atoms with Crippen molar-refractivity contribution in [3.8, 4) is 12.3 Å². The van der Waals surface area contributed by atoms with Crippen LogP contribution in [0.3, 0.4) is 0 Å². The number of terminal acetylenes is 1. The van der Waals surface area contributed by atoms with E-state index in [1.807, 2.05) is 13.0 Å². The molecule has 0 aliphatic carbocycles. The zero-order chi connectivity index (χ0) is 18.7. The summed E-state index contributed by atoms with van der Waals surface area (Å²) < 4.78 is 5.04. The van der Waals surface area contributed by atoms with Crippen LogP contribution in [0.5, 0.6) is 0 Å². The van der Waals surface area contributed by atoms with Gasteiger partial charge in [0, 0.05) is 22.4 Å². The number of anilines is 1. The molecule has 0 bridgehead atoms. The fourth-order valence-electron chi connectivity index (χ4n) is 2.55. The summed E-state index contributed by atoms with van der Waals surface area (Å²) in [5.41, 5.74) is 3.93. The van der Waals surface area contributed by atoms with E-state index in [-0.39, 0.29) is 10.9 Å². The van der Waals surface area contributed by atoms with Crippen LogP contribution in [0.25, 0.3) is 0 Å². The van der Waals surface area contributed by atoms with Crippen LogP contribution in [0.15, 0.2) is 59.4 Å². The lowest BCUT2D eigenvalue weighted by atomic mass is 9.99. The predicted molar refractivity (Wildman–Crippen MR) is 103 cm³/mol. The first-order valence-electron chi connectivity index (χ1n) is 7.80. The van der Waals surface area contributed by atoms with E-state index in [1.54, 1.807) is 36.4 Å². The Hall–Kier alpha value is -3.29. The lowest BCUT2D eigenvalue weighted by Gasteiger charge is -2.11. The van der Waals surface area contributed by atoms with Crippen molar-refractivity contribution < 1.29 is 9.21 Å². The van der Waals surface area contributed by atoms with Crippen molar-refractivity contribution in [2.45, 2.75) is 6.92 Å². The van der Waals surface area contributed by atoms with Crippen molar-refractivity contribution in [2.24, 2.45) is 0 Å². The van der Waals surface area contributed by atoms with E-state index in [1.165, 1.54) is 12.5 Å². The molecule has 0 fully saturated rings. The molecular weight excluding hydrogens is 348 g/mol. The molecule has 3 rings (SSSR count). The van der Waals surface area contributed by atoms with E-state index in [0.29, 0.717) is 33.7 Å². The topological polar surface area (TPSA) is 66.1 Å². The van der Waals surface area contributed by atoms with Crippen LogP contribution >= 0.6 is 11.6 Å². The molecule has 1 heterocycles. The first-order chi connectivity index (χ1) is 12.5. The zero-order valence-electron chi connectivity index (χ0n) is 14.0. The van der Waals surface area contributed by atoms with Gasteiger partial charge in [-0.25, -0.2) is 0 Å². The maximum Gasteiger partial charge on any atom is 0.257 e. The first kappa shape index (κ1) is 17.5. The Kier molecular flexibility index (Phi) is 4.92. The molecule has 0 aliphatic heterocycles. The van der Waals surface area contributed by atoms with Gasteiger partial charge in [-0.2, -0.15) is 0 Å². The van der Waals surface area contributed by atoms with Crippen molar-refractivity contribution in [1.82, 2.24) is 0 Å². The Balaban J connectivity index is 1.90. The van der Waals surface area contributed by atoms with Gasteiger partial charge in [0.2, 0.25) is 0 Å². The van der Waals surface area contributed by atoms with Crippen LogP contribution < -0.4 is 5.32 Å². The third kappa shape index (κ3) is 3.39. The molecule has 0 unspecified atom stereocenters. The van der Waals surface area contributed by atoms with Gasteiger partial charge >= 0.3 is 0 Å². The molecule has 0 atom stereocenters. The molecule has 0 radical (unpaired) electrons. The molecule has 1 amide bonds. The van der Waals surface area contributed by atoms with Crippen molar-refractivity contribution in [2.75, 3.05) is 5.32 Å². The van der Waals surface area contributed by atoms with Crippen LogP contribution in [0.4, 0.5) is 5.69 Å². The highest BCUT2D eigenvalue weighted by Gasteiger charge is 2.15. The Bertz CT molecular complexity index is 1030. The van der Waals surface area contributed by atoms with Crippen molar-refractivity contribution in [1.29, 1.82) is 5.41 Å². The fraction of sp³-hybridized carbons (Fsp3) is 0.0476. The van der Waals surface area contributed by atoms with E-state index in [9.17, 15) is 4.79 Å². The average Bonchev–Trinajstić information content (AvgIpc) is 3.17. The number of carbonyl (C=O) groups excluding carboxylic acids is 1. The zero-order valence-corrected chi connectivity index (χ0v) is 14.7. The van der Waals surface area contributed by atoms with Gasteiger partial charge in [-0.3, -0.25) is 10.2 Å². The van der Waals surface area contributed by atoms with Gasteiger partial charge in [0.05, 0.1) is 28.8 Å². The number of hydrogen-bond acceptors (Lipinski definition) is 3. The number of halogens is 1. The molecule has 128 valence electrons. The number of benzene rings is 2. The van der Waals surface area contributed by atoms with E-state index < -0.39 is 0 Å². The minimum atomic E-state index is -0.364. The Labute approximate surface area is 156 Å². The molecule has 0 aliphatic rings. The molecule has 2 N–H and O–H groups in total. The van der Waals surface area contributed by atoms with Gasteiger partial charge < -0.3 is 9.73 Å². The minimum absolute atomic E-state index is 0.242. The second kappa shape index (κ2) is 7.30. The smallest absolute Gasteiger partial charge is 0.257 e. The van der Waals surface area contributed by atoms with E-state index in [0.717, 1.165) is 5.56 Å². The van der Waals surface area contributed by atoms with Crippen LogP contribution in [0, 0.1) is 24.7 Å². The second-order valence-electron chi connectivity index (χ2n) is 5.68. The highest BCUT2D eigenvalue weighted by Crippen LogP contribution is 2.23. The van der Waals surface area contributed by atoms with Crippen molar-refractivity contribution in [3.63, 3.8) is 0 Å². The predicted octanol–water partition coefficient (Wildman–Crippen LogP) is 4.89. The standard InChI is InChI=1S/C21H15ClN2O2/c1-3-14-5-4-6-17(19(14)22)21(25)24-16-8-7-13(2)18(11-16)20(23)15-9-10-26-12-15/h1,4-12,23H,2H3,(H,24,25).